The van der Waals surface area contributed by atoms with Gasteiger partial charge in [-0.05, 0) is 30.3 Å². The summed E-state index contributed by atoms with van der Waals surface area (Å²) in [4.78, 5) is 0. The predicted octanol–water partition coefficient (Wildman–Crippen LogP) is 0.0208. The maximum absolute atomic E-state index is 11.8. The zero-order valence-electron chi connectivity index (χ0n) is 8.74. The zero-order valence-corrected chi connectivity index (χ0v) is 10.4. The monoisotopic (exact) mass is 250 g/mol. The van der Waals surface area contributed by atoms with E-state index in [4.69, 9.17) is 0 Å². The van der Waals surface area contributed by atoms with Crippen molar-refractivity contribution in [1.82, 2.24) is 10.0 Å². The maximum Gasteiger partial charge on any atom is 0.212 e. The molecule has 15 heavy (non-hydrogen) atoms. The number of hydrogen-bond donors (Lipinski definition) is 2. The minimum absolute atomic E-state index is 0.185. The molecule has 2 heterocycles. The first-order chi connectivity index (χ1) is 7.16. The SMILES string of the molecule is O=S(=O)(CC1CNC1)NC1CCSCC1. The normalized spacial score (nSPS) is 25.1. The van der Waals surface area contributed by atoms with Crippen molar-refractivity contribution in [3.05, 3.63) is 0 Å². The van der Waals surface area contributed by atoms with E-state index in [1.807, 2.05) is 11.8 Å². The first-order valence-electron chi connectivity index (χ1n) is 5.44. The zero-order chi connectivity index (χ0) is 10.7. The van der Waals surface area contributed by atoms with Crippen molar-refractivity contribution in [1.29, 1.82) is 0 Å². The maximum atomic E-state index is 11.8. The van der Waals surface area contributed by atoms with Gasteiger partial charge in [-0.3, -0.25) is 0 Å². The van der Waals surface area contributed by atoms with Crippen molar-refractivity contribution in [2.24, 2.45) is 5.92 Å². The van der Waals surface area contributed by atoms with E-state index in [0.29, 0.717) is 11.7 Å². The number of sulfonamides is 1. The molecule has 0 saturated carbocycles. The molecule has 2 rings (SSSR count). The molecule has 0 spiro atoms. The lowest BCUT2D eigenvalue weighted by Crippen LogP contribution is -2.49. The quantitative estimate of drug-likeness (QED) is 0.738. The summed E-state index contributed by atoms with van der Waals surface area (Å²) in [6, 6.07) is 0.185. The Morgan fingerprint density at radius 1 is 1.27 bits per heavy atom. The third kappa shape index (κ3) is 3.62. The first kappa shape index (κ1) is 11.7. The second-order valence-electron chi connectivity index (χ2n) is 4.31. The molecule has 0 aromatic carbocycles. The van der Waals surface area contributed by atoms with Gasteiger partial charge in [0.2, 0.25) is 10.0 Å². The minimum atomic E-state index is -3.04. The Morgan fingerprint density at radius 3 is 2.47 bits per heavy atom. The van der Waals surface area contributed by atoms with Crippen molar-refractivity contribution in [3.63, 3.8) is 0 Å². The van der Waals surface area contributed by atoms with Gasteiger partial charge in [0, 0.05) is 19.1 Å². The molecular weight excluding hydrogens is 232 g/mol. The van der Waals surface area contributed by atoms with Crippen molar-refractivity contribution in [2.45, 2.75) is 18.9 Å². The van der Waals surface area contributed by atoms with Gasteiger partial charge >= 0.3 is 0 Å². The van der Waals surface area contributed by atoms with Crippen LogP contribution >= 0.6 is 11.8 Å². The molecule has 2 aliphatic heterocycles. The summed E-state index contributed by atoms with van der Waals surface area (Å²) in [6.45, 7) is 1.70. The van der Waals surface area contributed by atoms with Crippen molar-refractivity contribution in [3.8, 4) is 0 Å². The number of nitrogens with one attached hydrogen (secondary N) is 2. The highest BCUT2D eigenvalue weighted by Gasteiger charge is 2.26. The van der Waals surface area contributed by atoms with Crippen LogP contribution in [-0.4, -0.2) is 44.8 Å². The fourth-order valence-corrected chi connectivity index (χ4v) is 4.70. The lowest BCUT2D eigenvalue weighted by atomic mass is 10.1. The highest BCUT2D eigenvalue weighted by atomic mass is 32.2. The van der Waals surface area contributed by atoms with Crippen LogP contribution in [0, 0.1) is 5.92 Å². The van der Waals surface area contributed by atoms with Crippen LogP contribution < -0.4 is 10.0 Å². The standard InChI is InChI=1S/C9H18N2O2S2/c12-15(13,7-8-5-10-6-8)11-9-1-3-14-4-2-9/h8-11H,1-7H2. The Labute approximate surface area is 95.6 Å². The molecule has 0 aromatic heterocycles. The lowest BCUT2D eigenvalue weighted by molar-refractivity contribution is 0.376. The Hall–Kier alpha value is 0.220. The van der Waals surface area contributed by atoms with E-state index in [1.54, 1.807) is 0 Å². The Balaban J connectivity index is 1.80. The van der Waals surface area contributed by atoms with Crippen LogP contribution in [0.25, 0.3) is 0 Å². The molecular formula is C9H18N2O2S2. The predicted molar refractivity (Wildman–Crippen MR) is 63.6 cm³/mol. The Morgan fingerprint density at radius 2 is 1.93 bits per heavy atom. The molecule has 4 nitrogen and oxygen atoms in total. The summed E-state index contributed by atoms with van der Waals surface area (Å²) >= 11 is 1.91. The largest absolute Gasteiger partial charge is 0.316 e. The molecule has 0 radical (unpaired) electrons. The number of rotatable bonds is 4. The topological polar surface area (TPSA) is 58.2 Å². The van der Waals surface area contributed by atoms with E-state index >= 15 is 0 Å². The third-order valence-corrected chi connectivity index (χ3v) is 5.54. The van der Waals surface area contributed by atoms with Crippen molar-refractivity contribution in [2.75, 3.05) is 30.3 Å². The molecule has 0 amide bonds. The average Bonchev–Trinajstić information content (AvgIpc) is 2.13. The van der Waals surface area contributed by atoms with E-state index < -0.39 is 10.0 Å². The molecule has 2 saturated heterocycles. The van der Waals surface area contributed by atoms with Crippen LogP contribution in [0.2, 0.25) is 0 Å². The van der Waals surface area contributed by atoms with Gasteiger partial charge in [0.25, 0.3) is 0 Å². The van der Waals surface area contributed by atoms with E-state index in [2.05, 4.69) is 10.0 Å². The molecule has 0 aromatic rings. The van der Waals surface area contributed by atoms with Crippen LogP contribution in [0.3, 0.4) is 0 Å². The molecule has 0 atom stereocenters. The smallest absolute Gasteiger partial charge is 0.212 e. The van der Waals surface area contributed by atoms with Crippen LogP contribution in [0.1, 0.15) is 12.8 Å². The van der Waals surface area contributed by atoms with Crippen LogP contribution in [0.4, 0.5) is 0 Å². The van der Waals surface area contributed by atoms with Gasteiger partial charge in [-0.1, -0.05) is 0 Å². The highest BCUT2D eigenvalue weighted by Crippen LogP contribution is 2.18. The van der Waals surface area contributed by atoms with Crippen LogP contribution in [0.15, 0.2) is 0 Å². The second-order valence-corrected chi connectivity index (χ2v) is 7.33. The molecule has 0 aliphatic carbocycles. The van der Waals surface area contributed by atoms with Crippen molar-refractivity contribution < 1.29 is 8.42 Å². The summed E-state index contributed by atoms with van der Waals surface area (Å²) < 4.78 is 26.3. The van der Waals surface area contributed by atoms with Crippen LogP contribution in [-0.2, 0) is 10.0 Å². The molecule has 2 fully saturated rings. The van der Waals surface area contributed by atoms with Gasteiger partial charge in [-0.15, -0.1) is 0 Å². The van der Waals surface area contributed by atoms with E-state index in [-0.39, 0.29) is 6.04 Å². The Bertz CT molecular complexity index is 295. The molecule has 0 bridgehead atoms. The Kier molecular flexibility index (Phi) is 3.93. The minimum Gasteiger partial charge on any atom is -0.316 e. The summed E-state index contributed by atoms with van der Waals surface area (Å²) in [5.41, 5.74) is 0. The molecule has 6 heteroatoms. The van der Waals surface area contributed by atoms with E-state index in [1.165, 1.54) is 0 Å². The number of thioether (sulfide) groups is 1. The van der Waals surface area contributed by atoms with Gasteiger partial charge in [-0.2, -0.15) is 11.8 Å². The fourth-order valence-electron chi connectivity index (χ4n) is 1.89. The fraction of sp³-hybridized carbons (Fsp3) is 1.00. The molecule has 0 unspecified atom stereocenters. The van der Waals surface area contributed by atoms with Gasteiger partial charge in [0.1, 0.15) is 0 Å². The summed E-state index contributed by atoms with van der Waals surface area (Å²) in [7, 11) is -3.04. The molecule has 88 valence electrons. The third-order valence-electron chi connectivity index (χ3n) is 2.89. The van der Waals surface area contributed by atoms with E-state index in [0.717, 1.165) is 37.4 Å². The first-order valence-corrected chi connectivity index (χ1v) is 8.25. The summed E-state index contributed by atoms with van der Waals surface area (Å²) in [5.74, 6) is 2.78. The average molecular weight is 250 g/mol. The second kappa shape index (κ2) is 5.03. The van der Waals surface area contributed by atoms with Gasteiger partial charge in [0.15, 0.2) is 0 Å². The summed E-state index contributed by atoms with van der Waals surface area (Å²) in [5, 5.41) is 3.09. The van der Waals surface area contributed by atoms with Gasteiger partial charge in [0.05, 0.1) is 5.75 Å². The summed E-state index contributed by atoms with van der Waals surface area (Å²) in [6.07, 6.45) is 1.96. The molecule has 2 N–H and O–H groups in total. The highest BCUT2D eigenvalue weighted by molar-refractivity contribution is 7.99. The molecule has 2 aliphatic rings. The van der Waals surface area contributed by atoms with Crippen molar-refractivity contribution >= 4 is 21.8 Å². The van der Waals surface area contributed by atoms with E-state index in [9.17, 15) is 8.42 Å². The van der Waals surface area contributed by atoms with Gasteiger partial charge < -0.3 is 5.32 Å². The lowest BCUT2D eigenvalue weighted by Gasteiger charge is -2.28. The number of hydrogen-bond acceptors (Lipinski definition) is 4. The van der Waals surface area contributed by atoms with Crippen LogP contribution in [0.5, 0.6) is 0 Å². The van der Waals surface area contributed by atoms with Gasteiger partial charge in [-0.25, -0.2) is 13.1 Å².